The maximum Gasteiger partial charge on any atom is 0.338 e. The zero-order chi connectivity index (χ0) is 16.4. The van der Waals surface area contributed by atoms with Gasteiger partial charge in [0, 0.05) is 11.1 Å². The molecule has 0 bridgehead atoms. The van der Waals surface area contributed by atoms with Gasteiger partial charge in [0.15, 0.2) is 5.82 Å². The first-order valence-corrected chi connectivity index (χ1v) is 8.15. The molecule has 0 radical (unpaired) electrons. The number of sulfonamides is 1. The zero-order valence-electron chi connectivity index (χ0n) is 11.9. The molecule has 0 aliphatic rings. The molecule has 1 aromatic carbocycles. The minimum absolute atomic E-state index is 0.161. The van der Waals surface area contributed by atoms with Crippen LogP contribution >= 0.6 is 11.6 Å². The number of carboxylic acids is 1. The van der Waals surface area contributed by atoms with Gasteiger partial charge < -0.3 is 5.11 Å². The predicted molar refractivity (Wildman–Crippen MR) is 77.6 cm³/mol. The highest BCUT2D eigenvalue weighted by Crippen LogP contribution is 2.24. The second kappa shape index (κ2) is 6.72. The van der Waals surface area contributed by atoms with E-state index in [-0.39, 0.29) is 10.9 Å². The average molecular weight is 338 g/mol. The van der Waals surface area contributed by atoms with Crippen molar-refractivity contribution in [2.45, 2.75) is 38.1 Å². The number of carboxylic acid groups (broad SMARTS) is 1. The van der Waals surface area contributed by atoms with Gasteiger partial charge in [0.25, 0.3) is 0 Å². The molecule has 0 saturated heterocycles. The maximum atomic E-state index is 14.1. The van der Waals surface area contributed by atoms with Crippen LogP contribution in [-0.4, -0.2) is 25.5 Å². The Kier molecular flexibility index (Phi) is 5.72. The van der Waals surface area contributed by atoms with Crippen LogP contribution in [0.25, 0.3) is 0 Å². The van der Waals surface area contributed by atoms with Crippen molar-refractivity contribution < 1.29 is 22.7 Å². The molecule has 0 amide bonds. The molecule has 0 saturated carbocycles. The summed E-state index contributed by atoms with van der Waals surface area (Å²) >= 11 is 5.67. The topological polar surface area (TPSA) is 83.5 Å². The fraction of sp³-hybridized carbons (Fsp3) is 0.462. The van der Waals surface area contributed by atoms with Crippen LogP contribution in [0.4, 0.5) is 4.39 Å². The van der Waals surface area contributed by atoms with Crippen molar-refractivity contribution in [3.8, 4) is 0 Å². The van der Waals surface area contributed by atoms with Crippen LogP contribution in [0.2, 0.25) is 5.02 Å². The van der Waals surface area contributed by atoms with Crippen molar-refractivity contribution in [3.63, 3.8) is 0 Å². The fourth-order valence-electron chi connectivity index (χ4n) is 2.00. The monoisotopic (exact) mass is 337 g/mol. The Balaban J connectivity index is 3.23. The smallest absolute Gasteiger partial charge is 0.338 e. The van der Waals surface area contributed by atoms with E-state index in [1.165, 1.54) is 0 Å². The van der Waals surface area contributed by atoms with Crippen molar-refractivity contribution in [2.75, 3.05) is 0 Å². The van der Waals surface area contributed by atoms with Gasteiger partial charge in [-0.05, 0) is 31.4 Å². The Bertz CT molecular complexity index is 646. The van der Waals surface area contributed by atoms with E-state index in [1.54, 1.807) is 6.92 Å². The first kappa shape index (κ1) is 17.9. The van der Waals surface area contributed by atoms with E-state index in [1.807, 2.05) is 13.8 Å². The summed E-state index contributed by atoms with van der Waals surface area (Å²) in [6, 6.07) is 1.35. The molecule has 0 spiro atoms. The Labute approximate surface area is 128 Å². The second-order valence-corrected chi connectivity index (χ2v) is 7.34. The van der Waals surface area contributed by atoms with Gasteiger partial charge in [-0.15, -0.1) is 0 Å². The number of benzene rings is 1. The van der Waals surface area contributed by atoms with E-state index < -0.39 is 38.3 Å². The standard InChI is InChI=1S/C13H17ClFNO4S/c1-7(2)4-8(3)16-21(19,20)11-6-9(14)5-10(12(11)15)13(17)18/h5-8,16H,4H2,1-3H3,(H,17,18). The minimum Gasteiger partial charge on any atom is -0.478 e. The SMILES string of the molecule is CC(C)CC(C)NS(=O)(=O)c1cc(Cl)cc(C(=O)O)c1F. The van der Waals surface area contributed by atoms with Gasteiger partial charge in [0.1, 0.15) is 4.90 Å². The lowest BCUT2D eigenvalue weighted by Gasteiger charge is -2.17. The van der Waals surface area contributed by atoms with Crippen molar-refractivity contribution in [1.29, 1.82) is 0 Å². The normalized spacial score (nSPS) is 13.4. The van der Waals surface area contributed by atoms with Gasteiger partial charge in [0.2, 0.25) is 10.0 Å². The van der Waals surface area contributed by atoms with Gasteiger partial charge in [-0.25, -0.2) is 22.3 Å². The van der Waals surface area contributed by atoms with E-state index >= 15 is 0 Å². The maximum absolute atomic E-state index is 14.1. The first-order chi connectivity index (χ1) is 9.54. The Morgan fingerprint density at radius 1 is 1.38 bits per heavy atom. The van der Waals surface area contributed by atoms with Crippen molar-refractivity contribution in [2.24, 2.45) is 5.92 Å². The van der Waals surface area contributed by atoms with Crippen LogP contribution in [0.15, 0.2) is 17.0 Å². The summed E-state index contributed by atoms with van der Waals surface area (Å²) in [4.78, 5) is 10.1. The molecule has 8 heteroatoms. The third-order valence-corrected chi connectivity index (χ3v) is 4.51. The third-order valence-electron chi connectivity index (χ3n) is 2.71. The van der Waals surface area contributed by atoms with Crippen LogP contribution in [0, 0.1) is 11.7 Å². The van der Waals surface area contributed by atoms with Gasteiger partial charge in [0.05, 0.1) is 5.56 Å². The van der Waals surface area contributed by atoms with Crippen LogP contribution in [0.5, 0.6) is 0 Å². The number of halogens is 2. The van der Waals surface area contributed by atoms with Crippen molar-refractivity contribution in [3.05, 3.63) is 28.5 Å². The molecule has 21 heavy (non-hydrogen) atoms. The molecular formula is C13H17ClFNO4S. The summed E-state index contributed by atoms with van der Waals surface area (Å²) in [5.74, 6) is -2.65. The third kappa shape index (κ3) is 4.66. The van der Waals surface area contributed by atoms with Gasteiger partial charge in [-0.1, -0.05) is 25.4 Å². The molecule has 0 aliphatic carbocycles. The van der Waals surface area contributed by atoms with E-state index in [0.717, 1.165) is 12.1 Å². The highest BCUT2D eigenvalue weighted by molar-refractivity contribution is 7.89. The molecule has 118 valence electrons. The highest BCUT2D eigenvalue weighted by Gasteiger charge is 2.26. The van der Waals surface area contributed by atoms with Crippen LogP contribution < -0.4 is 4.72 Å². The summed E-state index contributed by atoms with van der Waals surface area (Å²) in [5.41, 5.74) is -0.778. The Morgan fingerprint density at radius 2 is 1.95 bits per heavy atom. The number of aromatic carboxylic acids is 1. The van der Waals surface area contributed by atoms with Crippen molar-refractivity contribution in [1.82, 2.24) is 4.72 Å². The van der Waals surface area contributed by atoms with Gasteiger partial charge in [-0.3, -0.25) is 0 Å². The molecule has 0 aliphatic heterocycles. The van der Waals surface area contributed by atoms with Crippen LogP contribution in [0.1, 0.15) is 37.6 Å². The molecule has 2 N–H and O–H groups in total. The molecule has 0 fully saturated rings. The summed E-state index contributed by atoms with van der Waals surface area (Å²) < 4.78 is 40.7. The number of nitrogens with one attached hydrogen (secondary N) is 1. The van der Waals surface area contributed by atoms with Gasteiger partial charge >= 0.3 is 5.97 Å². The van der Waals surface area contributed by atoms with Gasteiger partial charge in [-0.2, -0.15) is 0 Å². The van der Waals surface area contributed by atoms with Crippen molar-refractivity contribution >= 4 is 27.6 Å². The van der Waals surface area contributed by atoms with E-state index in [2.05, 4.69) is 4.72 Å². The predicted octanol–water partition coefficient (Wildman–Crippen LogP) is 2.89. The largest absolute Gasteiger partial charge is 0.478 e. The first-order valence-electron chi connectivity index (χ1n) is 6.29. The lowest BCUT2D eigenvalue weighted by molar-refractivity contribution is 0.0691. The highest BCUT2D eigenvalue weighted by atomic mass is 35.5. The Morgan fingerprint density at radius 3 is 2.43 bits per heavy atom. The number of rotatable bonds is 6. The lowest BCUT2D eigenvalue weighted by Crippen LogP contribution is -2.34. The number of hydrogen-bond acceptors (Lipinski definition) is 3. The molecule has 0 aromatic heterocycles. The summed E-state index contributed by atoms with van der Waals surface area (Å²) in [7, 11) is -4.19. The minimum atomic E-state index is -4.19. The second-order valence-electron chi connectivity index (χ2n) is 5.22. The van der Waals surface area contributed by atoms with E-state index in [0.29, 0.717) is 6.42 Å². The fourth-order valence-corrected chi connectivity index (χ4v) is 3.66. The summed E-state index contributed by atoms with van der Waals surface area (Å²) in [6.45, 7) is 5.50. The van der Waals surface area contributed by atoms with E-state index in [4.69, 9.17) is 16.7 Å². The van der Waals surface area contributed by atoms with Crippen LogP contribution in [0.3, 0.4) is 0 Å². The summed E-state index contributed by atoms with van der Waals surface area (Å²) in [5, 5.41) is 8.71. The molecular weight excluding hydrogens is 321 g/mol. The number of hydrogen-bond donors (Lipinski definition) is 2. The lowest BCUT2D eigenvalue weighted by atomic mass is 10.1. The number of carbonyl (C=O) groups is 1. The molecule has 1 aromatic rings. The van der Waals surface area contributed by atoms with Crippen LogP contribution in [-0.2, 0) is 10.0 Å². The quantitative estimate of drug-likeness (QED) is 0.836. The zero-order valence-corrected chi connectivity index (χ0v) is 13.4. The molecule has 1 unspecified atom stereocenters. The molecule has 5 nitrogen and oxygen atoms in total. The summed E-state index contributed by atoms with van der Waals surface area (Å²) in [6.07, 6.45) is 0.563. The average Bonchev–Trinajstić information content (AvgIpc) is 2.29. The van der Waals surface area contributed by atoms with E-state index in [9.17, 15) is 17.6 Å². The molecule has 0 heterocycles. The molecule has 1 atom stereocenters. The molecule has 1 rings (SSSR count). The Hall–Kier alpha value is -1.18.